The van der Waals surface area contributed by atoms with Crippen LogP contribution in [0.2, 0.25) is 0 Å². The molecule has 1 unspecified atom stereocenters. The van der Waals surface area contributed by atoms with Crippen molar-refractivity contribution < 1.29 is 0 Å². The van der Waals surface area contributed by atoms with Crippen LogP contribution in [0, 0.1) is 0 Å². The van der Waals surface area contributed by atoms with E-state index in [2.05, 4.69) is 16.1 Å². The number of aromatic nitrogens is 2. The van der Waals surface area contributed by atoms with Crippen LogP contribution >= 0.6 is 0 Å². The van der Waals surface area contributed by atoms with Gasteiger partial charge in [0, 0.05) is 19.8 Å². The highest BCUT2D eigenvalue weighted by Gasteiger charge is 2.22. The zero-order chi connectivity index (χ0) is 10.7. The Balaban J connectivity index is 2.08. The SMILES string of the molecule is Cn1cnc(C(CN)N2CCCCC2)c1. The first-order valence-electron chi connectivity index (χ1n) is 5.73. The van der Waals surface area contributed by atoms with E-state index < -0.39 is 0 Å². The maximum absolute atomic E-state index is 5.85. The number of aryl methyl sites for hydroxylation is 1. The molecule has 0 aromatic carbocycles. The van der Waals surface area contributed by atoms with Crippen LogP contribution in [0.1, 0.15) is 31.0 Å². The van der Waals surface area contributed by atoms with Gasteiger partial charge in [0.05, 0.1) is 18.1 Å². The lowest BCUT2D eigenvalue weighted by atomic mass is 10.1. The summed E-state index contributed by atoms with van der Waals surface area (Å²) in [4.78, 5) is 6.87. The number of nitrogens with two attached hydrogens (primary N) is 1. The van der Waals surface area contributed by atoms with E-state index in [0.29, 0.717) is 12.6 Å². The lowest BCUT2D eigenvalue weighted by molar-refractivity contribution is 0.165. The Kier molecular flexibility index (Phi) is 3.38. The average molecular weight is 208 g/mol. The molecule has 0 radical (unpaired) electrons. The summed E-state index contributed by atoms with van der Waals surface area (Å²) in [6.45, 7) is 2.99. The highest BCUT2D eigenvalue weighted by Crippen LogP contribution is 2.22. The molecule has 4 heteroatoms. The first-order chi connectivity index (χ1) is 7.31. The van der Waals surface area contributed by atoms with Gasteiger partial charge in [-0.05, 0) is 25.9 Å². The highest BCUT2D eigenvalue weighted by molar-refractivity contribution is 5.05. The number of hydrogen-bond donors (Lipinski definition) is 1. The number of imidazole rings is 1. The van der Waals surface area contributed by atoms with E-state index in [4.69, 9.17) is 5.73 Å². The monoisotopic (exact) mass is 208 g/mol. The number of nitrogens with zero attached hydrogens (tertiary/aromatic N) is 3. The quantitative estimate of drug-likeness (QED) is 0.803. The summed E-state index contributed by atoms with van der Waals surface area (Å²) in [5, 5.41) is 0. The summed E-state index contributed by atoms with van der Waals surface area (Å²) in [6, 6.07) is 0.312. The Morgan fingerprint density at radius 3 is 2.67 bits per heavy atom. The van der Waals surface area contributed by atoms with Gasteiger partial charge in [-0.15, -0.1) is 0 Å². The molecule has 2 N–H and O–H groups in total. The molecule has 0 spiro atoms. The molecule has 84 valence electrons. The van der Waals surface area contributed by atoms with Gasteiger partial charge in [-0.25, -0.2) is 4.98 Å². The van der Waals surface area contributed by atoms with Gasteiger partial charge in [0.25, 0.3) is 0 Å². The van der Waals surface area contributed by atoms with Gasteiger partial charge in [0.15, 0.2) is 0 Å². The molecule has 1 aliphatic heterocycles. The van der Waals surface area contributed by atoms with Crippen molar-refractivity contribution in [2.24, 2.45) is 12.8 Å². The Morgan fingerprint density at radius 2 is 2.13 bits per heavy atom. The third kappa shape index (κ3) is 2.38. The number of likely N-dealkylation sites (tertiary alicyclic amines) is 1. The second-order valence-electron chi connectivity index (χ2n) is 4.31. The van der Waals surface area contributed by atoms with Gasteiger partial charge in [0.2, 0.25) is 0 Å². The molecule has 2 rings (SSSR count). The van der Waals surface area contributed by atoms with Crippen molar-refractivity contribution in [1.82, 2.24) is 14.5 Å². The van der Waals surface area contributed by atoms with Crippen molar-refractivity contribution in [3.63, 3.8) is 0 Å². The summed E-state index contributed by atoms with van der Waals surface area (Å²) < 4.78 is 1.99. The molecule has 1 saturated heterocycles. The molecule has 1 aromatic heterocycles. The Hall–Kier alpha value is -0.870. The fourth-order valence-electron chi connectivity index (χ4n) is 2.29. The lowest BCUT2D eigenvalue weighted by Crippen LogP contribution is -2.37. The molecule has 1 aromatic rings. The maximum atomic E-state index is 5.85. The van der Waals surface area contributed by atoms with E-state index in [0.717, 1.165) is 5.69 Å². The topological polar surface area (TPSA) is 47.1 Å². The Labute approximate surface area is 91.1 Å². The minimum absolute atomic E-state index is 0.312. The summed E-state index contributed by atoms with van der Waals surface area (Å²) >= 11 is 0. The molecule has 0 amide bonds. The van der Waals surface area contributed by atoms with Gasteiger partial charge in [-0.2, -0.15) is 0 Å². The smallest absolute Gasteiger partial charge is 0.0947 e. The van der Waals surface area contributed by atoms with Crippen LogP contribution in [0.15, 0.2) is 12.5 Å². The molecule has 0 saturated carbocycles. The van der Waals surface area contributed by atoms with Crippen LogP contribution in [-0.4, -0.2) is 34.1 Å². The molecule has 1 fully saturated rings. The fraction of sp³-hybridized carbons (Fsp3) is 0.727. The molecular weight excluding hydrogens is 188 g/mol. The standard InChI is InChI=1S/C11H20N4/c1-14-8-10(13-9-14)11(7-12)15-5-3-2-4-6-15/h8-9,11H,2-7,12H2,1H3. The normalized spacial score (nSPS) is 20.4. The van der Waals surface area contributed by atoms with E-state index in [1.165, 1.54) is 32.4 Å². The number of hydrogen-bond acceptors (Lipinski definition) is 3. The Morgan fingerprint density at radius 1 is 1.40 bits per heavy atom. The largest absolute Gasteiger partial charge is 0.340 e. The van der Waals surface area contributed by atoms with Gasteiger partial charge >= 0.3 is 0 Å². The van der Waals surface area contributed by atoms with Crippen molar-refractivity contribution >= 4 is 0 Å². The molecular formula is C11H20N4. The summed E-state index contributed by atoms with van der Waals surface area (Å²) in [6.07, 6.45) is 7.87. The van der Waals surface area contributed by atoms with E-state index in [1.807, 2.05) is 17.9 Å². The summed E-state index contributed by atoms with van der Waals surface area (Å²) in [7, 11) is 2.00. The average Bonchev–Trinajstić information content (AvgIpc) is 2.68. The molecule has 2 heterocycles. The first kappa shape index (κ1) is 10.6. The van der Waals surface area contributed by atoms with Gasteiger partial charge in [0.1, 0.15) is 0 Å². The maximum Gasteiger partial charge on any atom is 0.0947 e. The van der Waals surface area contributed by atoms with Crippen molar-refractivity contribution in [3.05, 3.63) is 18.2 Å². The van der Waals surface area contributed by atoms with E-state index >= 15 is 0 Å². The van der Waals surface area contributed by atoms with Crippen LogP contribution in [0.4, 0.5) is 0 Å². The second kappa shape index (κ2) is 4.77. The predicted molar refractivity (Wildman–Crippen MR) is 60.4 cm³/mol. The van der Waals surface area contributed by atoms with Crippen molar-refractivity contribution in [2.75, 3.05) is 19.6 Å². The highest BCUT2D eigenvalue weighted by atomic mass is 15.2. The summed E-state index contributed by atoms with van der Waals surface area (Å²) in [5.41, 5.74) is 6.97. The van der Waals surface area contributed by atoms with Crippen LogP contribution in [0.3, 0.4) is 0 Å². The van der Waals surface area contributed by atoms with Gasteiger partial charge in [-0.3, -0.25) is 4.90 Å². The van der Waals surface area contributed by atoms with E-state index in [-0.39, 0.29) is 0 Å². The molecule has 15 heavy (non-hydrogen) atoms. The van der Waals surface area contributed by atoms with Crippen LogP contribution in [-0.2, 0) is 7.05 Å². The number of rotatable bonds is 3. The van der Waals surface area contributed by atoms with Crippen molar-refractivity contribution in [3.8, 4) is 0 Å². The predicted octanol–water partition coefficient (Wildman–Crippen LogP) is 0.906. The first-order valence-corrected chi connectivity index (χ1v) is 5.73. The minimum atomic E-state index is 0.312. The van der Waals surface area contributed by atoms with Crippen molar-refractivity contribution in [1.29, 1.82) is 0 Å². The van der Waals surface area contributed by atoms with Crippen LogP contribution in [0.25, 0.3) is 0 Å². The molecule has 0 bridgehead atoms. The second-order valence-corrected chi connectivity index (χ2v) is 4.31. The van der Waals surface area contributed by atoms with Crippen LogP contribution in [0.5, 0.6) is 0 Å². The van der Waals surface area contributed by atoms with Crippen molar-refractivity contribution in [2.45, 2.75) is 25.3 Å². The van der Waals surface area contributed by atoms with Gasteiger partial charge in [-0.1, -0.05) is 6.42 Å². The van der Waals surface area contributed by atoms with Crippen LogP contribution < -0.4 is 5.73 Å². The third-order valence-electron chi connectivity index (χ3n) is 3.12. The van der Waals surface area contributed by atoms with E-state index in [9.17, 15) is 0 Å². The zero-order valence-electron chi connectivity index (χ0n) is 9.39. The minimum Gasteiger partial charge on any atom is -0.340 e. The zero-order valence-corrected chi connectivity index (χ0v) is 9.39. The third-order valence-corrected chi connectivity index (χ3v) is 3.12. The molecule has 0 aliphatic carbocycles. The van der Waals surface area contributed by atoms with Gasteiger partial charge < -0.3 is 10.3 Å². The van der Waals surface area contributed by atoms with E-state index in [1.54, 1.807) is 0 Å². The molecule has 1 aliphatic rings. The Bertz CT molecular complexity index is 301. The number of piperidine rings is 1. The molecule has 1 atom stereocenters. The fourth-order valence-corrected chi connectivity index (χ4v) is 2.29. The summed E-state index contributed by atoms with van der Waals surface area (Å²) in [5.74, 6) is 0. The molecule has 4 nitrogen and oxygen atoms in total. The lowest BCUT2D eigenvalue weighted by Gasteiger charge is -2.32.